The Balaban J connectivity index is 4.15. The lowest BCUT2D eigenvalue weighted by atomic mass is 9.94. The van der Waals surface area contributed by atoms with Gasteiger partial charge in [0.25, 0.3) is 0 Å². The van der Waals surface area contributed by atoms with Crippen LogP contribution in [0.15, 0.2) is 0 Å². The molecule has 10 heavy (non-hydrogen) atoms. The van der Waals surface area contributed by atoms with Gasteiger partial charge in [-0.15, -0.1) is 0 Å². The van der Waals surface area contributed by atoms with Crippen LogP contribution in [0, 0.1) is 0 Å². The smallest absolute Gasteiger partial charge is 0.146 e. The van der Waals surface area contributed by atoms with Crippen LogP contribution in [0.3, 0.4) is 0 Å². The highest BCUT2D eigenvalue weighted by atomic mass is 79.9. The highest BCUT2D eigenvalue weighted by molar-refractivity contribution is 9.09. The molecule has 0 aromatic rings. The molecule has 0 aromatic carbocycles. The largest absolute Gasteiger partial charge is 0.421 e. The van der Waals surface area contributed by atoms with Crippen molar-refractivity contribution in [1.29, 1.82) is 0 Å². The van der Waals surface area contributed by atoms with Crippen LogP contribution in [0.2, 0.25) is 0 Å². The third-order valence-corrected chi connectivity index (χ3v) is 3.98. The van der Waals surface area contributed by atoms with E-state index in [4.69, 9.17) is 4.43 Å². The summed E-state index contributed by atoms with van der Waals surface area (Å²) in [5, 5.41) is 0. The summed E-state index contributed by atoms with van der Waals surface area (Å²) >= 11 is 3.58. The Hall–Kier alpha value is 0.657. The molecule has 1 nitrogen and oxygen atoms in total. The highest BCUT2D eigenvalue weighted by Crippen LogP contribution is 2.28. The second-order valence-electron chi connectivity index (χ2n) is 2.59. The van der Waals surface area contributed by atoms with E-state index >= 15 is 0 Å². The quantitative estimate of drug-likeness (QED) is 0.522. The molecule has 1 atom stereocenters. The first-order chi connectivity index (χ1) is 4.63. The summed E-state index contributed by atoms with van der Waals surface area (Å²) in [4.78, 5) is 0.465. The third kappa shape index (κ3) is 2.07. The van der Waals surface area contributed by atoms with Crippen LogP contribution in [0.5, 0.6) is 0 Å². The van der Waals surface area contributed by atoms with Crippen LogP contribution in [0.25, 0.3) is 0 Å². The third-order valence-electron chi connectivity index (χ3n) is 2.33. The minimum Gasteiger partial charge on any atom is -0.421 e. The maximum absolute atomic E-state index is 5.59. The average Bonchev–Trinajstić information content (AvgIpc) is 1.92. The van der Waals surface area contributed by atoms with Gasteiger partial charge in [-0.2, -0.15) is 0 Å². The standard InChI is InChI=1S/C7H17BrOSi/c1-4-7(5-2,9-10)6(3)8/h6H,4-5H2,1-3,10H3. The van der Waals surface area contributed by atoms with Crippen molar-refractivity contribution in [2.75, 3.05) is 0 Å². The van der Waals surface area contributed by atoms with E-state index in [1.165, 1.54) is 0 Å². The minimum absolute atomic E-state index is 0.103. The lowest BCUT2D eigenvalue weighted by Crippen LogP contribution is -2.38. The second kappa shape index (κ2) is 4.52. The zero-order valence-corrected chi connectivity index (χ0v) is 10.9. The maximum atomic E-state index is 5.59. The van der Waals surface area contributed by atoms with E-state index < -0.39 is 0 Å². The van der Waals surface area contributed by atoms with Crippen LogP contribution >= 0.6 is 15.9 Å². The van der Waals surface area contributed by atoms with Crippen LogP contribution in [-0.2, 0) is 4.43 Å². The number of hydrogen-bond acceptors (Lipinski definition) is 1. The first-order valence-corrected chi connectivity index (χ1v) is 5.55. The van der Waals surface area contributed by atoms with E-state index in [9.17, 15) is 0 Å². The SMILES string of the molecule is CCC(CC)(O[SiH3])C(C)Br. The second-order valence-corrected chi connectivity index (χ2v) is 4.37. The van der Waals surface area contributed by atoms with E-state index in [0.717, 1.165) is 23.3 Å². The lowest BCUT2D eigenvalue weighted by Gasteiger charge is -2.33. The molecule has 0 N–H and O–H groups in total. The predicted octanol–water partition coefficient (Wildman–Crippen LogP) is 1.63. The summed E-state index contributed by atoms with van der Waals surface area (Å²) in [5.74, 6) is 0. The van der Waals surface area contributed by atoms with Crippen molar-refractivity contribution in [1.82, 2.24) is 0 Å². The van der Waals surface area contributed by atoms with Crippen LogP contribution in [-0.4, -0.2) is 20.9 Å². The predicted molar refractivity (Wildman–Crippen MR) is 52.7 cm³/mol. The van der Waals surface area contributed by atoms with E-state index in [0.29, 0.717) is 4.83 Å². The Bertz CT molecular complexity index is 83.3. The summed E-state index contributed by atoms with van der Waals surface area (Å²) in [6.07, 6.45) is 2.19. The van der Waals surface area contributed by atoms with Crippen molar-refractivity contribution in [3.63, 3.8) is 0 Å². The average molecular weight is 225 g/mol. The van der Waals surface area contributed by atoms with Crippen molar-refractivity contribution in [3.05, 3.63) is 0 Å². The molecular formula is C7H17BrOSi. The van der Waals surface area contributed by atoms with Gasteiger partial charge in [0.2, 0.25) is 0 Å². The van der Waals surface area contributed by atoms with Gasteiger partial charge in [0.05, 0.1) is 5.60 Å². The molecule has 0 aromatic heterocycles. The number of halogens is 1. The molecule has 0 bridgehead atoms. The van der Waals surface area contributed by atoms with E-state index in [1.807, 2.05) is 0 Å². The molecule has 0 saturated carbocycles. The molecule has 0 rings (SSSR count). The van der Waals surface area contributed by atoms with E-state index in [2.05, 4.69) is 36.7 Å². The van der Waals surface area contributed by atoms with Gasteiger partial charge in [0, 0.05) is 4.83 Å². The summed E-state index contributed by atoms with van der Waals surface area (Å²) in [7, 11) is 0.833. The summed E-state index contributed by atoms with van der Waals surface area (Å²) in [6, 6.07) is 0. The Morgan fingerprint density at radius 1 is 1.50 bits per heavy atom. The molecule has 0 aliphatic heterocycles. The zero-order chi connectivity index (χ0) is 8.20. The molecule has 3 heteroatoms. The normalized spacial score (nSPS) is 15.6. The summed E-state index contributed by atoms with van der Waals surface area (Å²) in [5.41, 5.74) is 0.103. The molecule has 0 radical (unpaired) electrons. The van der Waals surface area contributed by atoms with Gasteiger partial charge in [-0.05, 0) is 19.8 Å². The van der Waals surface area contributed by atoms with Crippen molar-refractivity contribution in [2.24, 2.45) is 0 Å². The first kappa shape index (κ1) is 10.7. The van der Waals surface area contributed by atoms with Gasteiger partial charge >= 0.3 is 0 Å². The van der Waals surface area contributed by atoms with E-state index in [-0.39, 0.29) is 5.60 Å². The topological polar surface area (TPSA) is 9.23 Å². The summed E-state index contributed by atoms with van der Waals surface area (Å²) < 4.78 is 5.59. The minimum atomic E-state index is 0.103. The van der Waals surface area contributed by atoms with Crippen LogP contribution in [0.4, 0.5) is 0 Å². The van der Waals surface area contributed by atoms with Gasteiger partial charge in [-0.3, -0.25) is 0 Å². The monoisotopic (exact) mass is 224 g/mol. The molecule has 0 fully saturated rings. The van der Waals surface area contributed by atoms with Gasteiger partial charge < -0.3 is 4.43 Å². The molecule has 0 spiro atoms. The number of hydrogen-bond donors (Lipinski definition) is 0. The van der Waals surface area contributed by atoms with E-state index in [1.54, 1.807) is 0 Å². The molecule has 1 unspecified atom stereocenters. The lowest BCUT2D eigenvalue weighted by molar-refractivity contribution is 0.0748. The highest BCUT2D eigenvalue weighted by Gasteiger charge is 2.29. The van der Waals surface area contributed by atoms with Gasteiger partial charge in [0.15, 0.2) is 0 Å². The maximum Gasteiger partial charge on any atom is 0.146 e. The van der Waals surface area contributed by atoms with Crippen molar-refractivity contribution in [3.8, 4) is 0 Å². The van der Waals surface area contributed by atoms with Crippen LogP contribution in [0.1, 0.15) is 33.6 Å². The zero-order valence-electron chi connectivity index (χ0n) is 7.28. The van der Waals surface area contributed by atoms with Gasteiger partial charge in [0.1, 0.15) is 10.5 Å². The molecule has 0 aliphatic rings. The number of rotatable bonds is 4. The fraction of sp³-hybridized carbons (Fsp3) is 1.00. The molecule has 0 saturated heterocycles. The molecule has 0 aliphatic carbocycles. The summed E-state index contributed by atoms with van der Waals surface area (Å²) in [6.45, 7) is 6.52. The fourth-order valence-electron chi connectivity index (χ4n) is 1.26. The molecule has 0 heterocycles. The van der Waals surface area contributed by atoms with Gasteiger partial charge in [-0.25, -0.2) is 0 Å². The van der Waals surface area contributed by atoms with Gasteiger partial charge in [-0.1, -0.05) is 29.8 Å². The van der Waals surface area contributed by atoms with Crippen molar-refractivity contribution in [2.45, 2.75) is 44.0 Å². The molecule has 62 valence electrons. The molecule has 0 amide bonds. The fourth-order valence-corrected chi connectivity index (χ4v) is 3.37. The Morgan fingerprint density at radius 3 is 1.90 bits per heavy atom. The Morgan fingerprint density at radius 2 is 1.90 bits per heavy atom. The number of alkyl halides is 1. The Kier molecular flexibility index (Phi) is 4.81. The first-order valence-electron chi connectivity index (χ1n) is 3.82. The van der Waals surface area contributed by atoms with Crippen molar-refractivity contribution >= 4 is 26.4 Å². The Labute approximate surface area is 75.2 Å². The van der Waals surface area contributed by atoms with Crippen LogP contribution < -0.4 is 0 Å². The molecular weight excluding hydrogens is 208 g/mol. The van der Waals surface area contributed by atoms with Crippen molar-refractivity contribution < 1.29 is 4.43 Å².